The molecular formula is C25H29N9O6P+. The SMILES string of the molecule is Cn1c(=O)c2c(ncn2CC(=O)N(CO[P+](=O)O)c2cccc(-c3cnc(N4CCCC4(C)C)nc3)n2)n(C)c1=O. The standard InChI is InChI=1S/C25H28N9O6P/c1-25(2)9-6-10-34(25)23-26-11-16(12-27-23)17-7-5-8-18(29-17)33(15-40-41(38)39)19(35)13-32-14-28-21-20(32)22(36)31(4)24(37)30(21)3/h5,7-8,11-12,14H,6,9-10,13,15H2,1-4H3/p+1. The molecule has 41 heavy (non-hydrogen) atoms. The van der Waals surface area contributed by atoms with E-state index < -0.39 is 32.1 Å². The molecule has 0 aliphatic carbocycles. The fraction of sp³-hybridized carbons (Fsp3) is 0.400. The van der Waals surface area contributed by atoms with E-state index in [1.807, 2.05) is 0 Å². The third-order valence-corrected chi connectivity index (χ3v) is 7.54. The summed E-state index contributed by atoms with van der Waals surface area (Å²) in [6.07, 6.45) is 6.71. The molecule has 1 N–H and O–H groups in total. The number of hydrogen-bond donors (Lipinski definition) is 1. The van der Waals surface area contributed by atoms with Crippen LogP contribution in [0.15, 0.2) is 46.5 Å². The van der Waals surface area contributed by atoms with Gasteiger partial charge < -0.3 is 9.47 Å². The largest absolute Gasteiger partial charge is 0.696 e. The van der Waals surface area contributed by atoms with Crippen molar-refractivity contribution in [1.82, 2.24) is 33.6 Å². The number of amides is 1. The topological polar surface area (TPSA) is 171 Å². The second-order valence-electron chi connectivity index (χ2n) is 10.3. The number of hydrogen-bond acceptors (Lipinski definition) is 10. The van der Waals surface area contributed by atoms with Gasteiger partial charge in [-0.3, -0.25) is 23.6 Å². The average molecular weight is 583 g/mol. The van der Waals surface area contributed by atoms with Crippen molar-refractivity contribution in [2.75, 3.05) is 23.1 Å². The van der Waals surface area contributed by atoms with Crippen LogP contribution in [0.4, 0.5) is 11.8 Å². The Hall–Kier alpha value is -4.33. The quantitative estimate of drug-likeness (QED) is 0.235. The van der Waals surface area contributed by atoms with Crippen LogP contribution in [0, 0.1) is 0 Å². The third kappa shape index (κ3) is 5.38. The van der Waals surface area contributed by atoms with Gasteiger partial charge in [0.25, 0.3) is 5.56 Å². The van der Waals surface area contributed by atoms with Gasteiger partial charge in [-0.1, -0.05) is 10.6 Å². The smallest absolute Gasteiger partial charge is 0.336 e. The Balaban J connectivity index is 1.45. The zero-order valence-corrected chi connectivity index (χ0v) is 23.9. The molecule has 0 aromatic carbocycles. The number of fused-ring (bicyclic) bond motifs is 1. The van der Waals surface area contributed by atoms with Crippen LogP contribution in [0.2, 0.25) is 0 Å². The Morgan fingerprint density at radius 1 is 1.15 bits per heavy atom. The molecule has 4 aromatic heterocycles. The number of aryl methyl sites for hydroxylation is 1. The molecule has 1 saturated heterocycles. The maximum absolute atomic E-state index is 13.5. The predicted octanol–water partition coefficient (Wildman–Crippen LogP) is 1.32. The molecule has 0 saturated carbocycles. The molecule has 0 bridgehead atoms. The first-order chi connectivity index (χ1) is 19.5. The molecule has 1 amide bonds. The van der Waals surface area contributed by atoms with Crippen molar-refractivity contribution in [3.8, 4) is 11.3 Å². The van der Waals surface area contributed by atoms with Crippen LogP contribution in [0.25, 0.3) is 22.4 Å². The van der Waals surface area contributed by atoms with Crippen molar-refractivity contribution in [3.05, 3.63) is 57.8 Å². The van der Waals surface area contributed by atoms with E-state index >= 15 is 0 Å². The lowest BCUT2D eigenvalue weighted by Crippen LogP contribution is -2.39. The van der Waals surface area contributed by atoms with Crippen LogP contribution < -0.4 is 21.0 Å². The molecular weight excluding hydrogens is 553 g/mol. The van der Waals surface area contributed by atoms with Gasteiger partial charge in [-0.15, -0.1) is 4.89 Å². The summed E-state index contributed by atoms with van der Waals surface area (Å²) in [7, 11) is -0.215. The van der Waals surface area contributed by atoms with Crippen molar-refractivity contribution >= 4 is 37.1 Å². The van der Waals surface area contributed by atoms with Gasteiger partial charge in [0.05, 0.1) is 12.0 Å². The summed E-state index contributed by atoms with van der Waals surface area (Å²) >= 11 is 0. The minimum atomic E-state index is -3.02. The fourth-order valence-electron chi connectivity index (χ4n) is 4.93. The van der Waals surface area contributed by atoms with Gasteiger partial charge in [-0.25, -0.2) is 24.7 Å². The van der Waals surface area contributed by atoms with Crippen molar-refractivity contribution in [2.45, 2.75) is 38.8 Å². The number of nitrogens with zero attached hydrogens (tertiary/aromatic N) is 9. The number of anilines is 2. The molecule has 16 heteroatoms. The molecule has 4 aromatic rings. The van der Waals surface area contributed by atoms with E-state index in [9.17, 15) is 23.8 Å². The highest BCUT2D eigenvalue weighted by Gasteiger charge is 2.33. The molecule has 214 valence electrons. The van der Waals surface area contributed by atoms with E-state index in [2.05, 4.69) is 38.7 Å². The van der Waals surface area contributed by atoms with E-state index in [1.54, 1.807) is 30.6 Å². The summed E-state index contributed by atoms with van der Waals surface area (Å²) in [5, 5.41) is 0. The number of rotatable bonds is 8. The molecule has 1 fully saturated rings. The molecule has 1 aliphatic rings. The lowest BCUT2D eigenvalue weighted by Gasteiger charge is -2.31. The summed E-state index contributed by atoms with van der Waals surface area (Å²) in [6, 6.07) is 4.95. The number of pyridine rings is 1. The Bertz CT molecular complexity index is 1760. The van der Waals surface area contributed by atoms with Gasteiger partial charge in [-0.05, 0) is 38.8 Å². The molecule has 0 spiro atoms. The van der Waals surface area contributed by atoms with Crippen LogP contribution >= 0.6 is 8.25 Å². The van der Waals surface area contributed by atoms with Crippen molar-refractivity contribution < 1.29 is 18.8 Å². The lowest BCUT2D eigenvalue weighted by atomic mass is 10.0. The van der Waals surface area contributed by atoms with Crippen LogP contribution in [0.1, 0.15) is 26.7 Å². The Labute approximate surface area is 234 Å². The van der Waals surface area contributed by atoms with Gasteiger partial charge in [0.15, 0.2) is 17.9 Å². The lowest BCUT2D eigenvalue weighted by molar-refractivity contribution is -0.119. The van der Waals surface area contributed by atoms with Crippen LogP contribution in [-0.4, -0.2) is 63.3 Å². The van der Waals surface area contributed by atoms with E-state index in [1.165, 1.54) is 29.6 Å². The minimum Gasteiger partial charge on any atom is -0.336 e. The van der Waals surface area contributed by atoms with Crippen molar-refractivity contribution in [1.29, 1.82) is 0 Å². The normalized spacial score (nSPS) is 15.0. The van der Waals surface area contributed by atoms with E-state index in [4.69, 9.17) is 4.52 Å². The van der Waals surface area contributed by atoms with Gasteiger partial charge >= 0.3 is 13.9 Å². The summed E-state index contributed by atoms with van der Waals surface area (Å²) in [4.78, 5) is 68.8. The summed E-state index contributed by atoms with van der Waals surface area (Å²) in [6.45, 7) is 4.22. The van der Waals surface area contributed by atoms with Gasteiger partial charge in [0.1, 0.15) is 12.4 Å². The van der Waals surface area contributed by atoms with Gasteiger partial charge in [0, 0.05) is 48.7 Å². The second-order valence-corrected chi connectivity index (χ2v) is 11.0. The van der Waals surface area contributed by atoms with Crippen LogP contribution in [0.3, 0.4) is 0 Å². The third-order valence-electron chi connectivity index (χ3n) is 7.21. The number of carbonyl (C=O) groups is 1. The summed E-state index contributed by atoms with van der Waals surface area (Å²) < 4.78 is 19.6. The first-order valence-electron chi connectivity index (χ1n) is 12.8. The average Bonchev–Trinajstić information content (AvgIpc) is 3.53. The molecule has 0 radical (unpaired) electrons. The first-order valence-corrected chi connectivity index (χ1v) is 13.9. The predicted molar refractivity (Wildman–Crippen MR) is 149 cm³/mol. The number of imidazole rings is 1. The Morgan fingerprint density at radius 3 is 2.54 bits per heavy atom. The number of aromatic nitrogens is 7. The molecule has 1 aliphatic heterocycles. The van der Waals surface area contributed by atoms with E-state index in [0.717, 1.165) is 28.9 Å². The number of carbonyl (C=O) groups excluding carboxylic acids is 1. The fourth-order valence-corrected chi connectivity index (χ4v) is 5.14. The Kier molecular flexibility index (Phi) is 7.51. The highest BCUT2D eigenvalue weighted by atomic mass is 31.1. The maximum Gasteiger partial charge on any atom is 0.696 e. The second kappa shape index (κ2) is 10.9. The highest BCUT2D eigenvalue weighted by molar-refractivity contribution is 7.32. The van der Waals surface area contributed by atoms with E-state index in [0.29, 0.717) is 17.2 Å². The molecule has 1 unspecified atom stereocenters. The van der Waals surface area contributed by atoms with E-state index in [-0.39, 0.29) is 29.1 Å². The summed E-state index contributed by atoms with van der Waals surface area (Å²) in [5.74, 6) is 0.156. The molecule has 5 heterocycles. The molecule has 5 rings (SSSR count). The van der Waals surface area contributed by atoms with Crippen molar-refractivity contribution in [3.63, 3.8) is 0 Å². The van der Waals surface area contributed by atoms with Crippen molar-refractivity contribution in [2.24, 2.45) is 14.1 Å². The van der Waals surface area contributed by atoms with Crippen LogP contribution in [0.5, 0.6) is 0 Å². The molecule has 1 atom stereocenters. The zero-order chi connectivity index (χ0) is 29.5. The molecule has 15 nitrogen and oxygen atoms in total. The Morgan fingerprint density at radius 2 is 1.88 bits per heavy atom. The maximum atomic E-state index is 13.5. The van der Waals surface area contributed by atoms with Crippen LogP contribution in [-0.2, 0) is 34.5 Å². The minimum absolute atomic E-state index is 0.0340. The van der Waals surface area contributed by atoms with Gasteiger partial charge in [0.2, 0.25) is 11.9 Å². The highest BCUT2D eigenvalue weighted by Crippen LogP contribution is 2.32. The monoisotopic (exact) mass is 582 g/mol. The zero-order valence-electron chi connectivity index (χ0n) is 23.0. The summed E-state index contributed by atoms with van der Waals surface area (Å²) in [5.41, 5.74) is 0.0500. The first kappa shape index (κ1) is 28.2. The van der Waals surface area contributed by atoms with Gasteiger partial charge in [-0.2, -0.15) is 0 Å².